The van der Waals surface area contributed by atoms with Gasteiger partial charge in [0.25, 0.3) is 0 Å². The van der Waals surface area contributed by atoms with Gasteiger partial charge in [0.2, 0.25) is 0 Å². The fraction of sp³-hybridized carbons (Fsp3) is 0.600. The van der Waals surface area contributed by atoms with Crippen LogP contribution >= 0.6 is 0 Å². The standard InChI is InChI=1S/C15H24N2/c1-12(16-3)15-9-10-17(11-15)13(2)14-7-5-4-6-8-14/h4-8,12-13,15-16H,9-11H2,1-3H3/t12-,13+,15-/m0/s1. The molecule has 2 heteroatoms. The molecular formula is C15H24N2. The van der Waals surface area contributed by atoms with Crippen molar-refractivity contribution in [2.75, 3.05) is 20.1 Å². The molecule has 1 heterocycles. The zero-order chi connectivity index (χ0) is 12.3. The highest BCUT2D eigenvalue weighted by molar-refractivity contribution is 5.18. The number of nitrogens with one attached hydrogen (secondary N) is 1. The van der Waals surface area contributed by atoms with Crippen molar-refractivity contribution in [1.82, 2.24) is 10.2 Å². The van der Waals surface area contributed by atoms with Gasteiger partial charge in [-0.05, 0) is 45.3 Å². The maximum absolute atomic E-state index is 3.38. The summed E-state index contributed by atoms with van der Waals surface area (Å²) in [6, 6.07) is 12.0. The Bertz CT molecular complexity index is 336. The van der Waals surface area contributed by atoms with Gasteiger partial charge in [-0.1, -0.05) is 30.3 Å². The highest BCUT2D eigenvalue weighted by atomic mass is 15.2. The van der Waals surface area contributed by atoms with E-state index in [0.717, 1.165) is 5.92 Å². The second kappa shape index (κ2) is 5.65. The smallest absolute Gasteiger partial charge is 0.0320 e. The molecule has 0 aliphatic carbocycles. The van der Waals surface area contributed by atoms with Gasteiger partial charge in [0, 0.05) is 18.6 Å². The first-order chi connectivity index (χ1) is 8.22. The van der Waals surface area contributed by atoms with Crippen LogP contribution in [-0.4, -0.2) is 31.1 Å². The van der Waals surface area contributed by atoms with Gasteiger partial charge in [0.1, 0.15) is 0 Å². The second-order valence-electron chi connectivity index (χ2n) is 5.21. The second-order valence-corrected chi connectivity index (χ2v) is 5.21. The molecule has 2 nitrogen and oxygen atoms in total. The van der Waals surface area contributed by atoms with Crippen LogP contribution in [0.25, 0.3) is 0 Å². The van der Waals surface area contributed by atoms with Crippen LogP contribution in [-0.2, 0) is 0 Å². The third kappa shape index (κ3) is 2.88. The van der Waals surface area contributed by atoms with Gasteiger partial charge in [-0.15, -0.1) is 0 Å². The van der Waals surface area contributed by atoms with E-state index in [4.69, 9.17) is 0 Å². The molecule has 2 rings (SSSR count). The minimum atomic E-state index is 0.547. The van der Waals surface area contributed by atoms with Gasteiger partial charge in [0.05, 0.1) is 0 Å². The van der Waals surface area contributed by atoms with Gasteiger partial charge in [0.15, 0.2) is 0 Å². The molecule has 1 aliphatic rings. The lowest BCUT2D eigenvalue weighted by Crippen LogP contribution is -2.33. The molecule has 17 heavy (non-hydrogen) atoms. The molecule has 94 valence electrons. The van der Waals surface area contributed by atoms with E-state index < -0.39 is 0 Å². The fourth-order valence-electron chi connectivity index (χ4n) is 2.75. The first-order valence-corrected chi connectivity index (χ1v) is 6.68. The van der Waals surface area contributed by atoms with Crippen molar-refractivity contribution in [2.24, 2.45) is 5.92 Å². The number of benzene rings is 1. The van der Waals surface area contributed by atoms with E-state index in [9.17, 15) is 0 Å². The highest BCUT2D eigenvalue weighted by Crippen LogP contribution is 2.28. The summed E-state index contributed by atoms with van der Waals surface area (Å²) in [5.74, 6) is 0.797. The third-order valence-corrected chi connectivity index (χ3v) is 4.25. The van der Waals surface area contributed by atoms with Crippen LogP contribution in [0.1, 0.15) is 31.9 Å². The number of hydrogen-bond acceptors (Lipinski definition) is 2. The molecule has 0 radical (unpaired) electrons. The summed E-state index contributed by atoms with van der Waals surface area (Å²) >= 11 is 0. The van der Waals surface area contributed by atoms with Crippen molar-refractivity contribution in [3.05, 3.63) is 35.9 Å². The molecule has 1 aromatic carbocycles. The average Bonchev–Trinajstić information content (AvgIpc) is 2.87. The monoisotopic (exact) mass is 232 g/mol. The number of rotatable bonds is 4. The van der Waals surface area contributed by atoms with Crippen LogP contribution in [0.2, 0.25) is 0 Å². The molecular weight excluding hydrogens is 208 g/mol. The Morgan fingerprint density at radius 1 is 1.24 bits per heavy atom. The van der Waals surface area contributed by atoms with E-state index in [-0.39, 0.29) is 0 Å². The highest BCUT2D eigenvalue weighted by Gasteiger charge is 2.29. The van der Waals surface area contributed by atoms with Gasteiger partial charge in [-0.3, -0.25) is 4.90 Å². The summed E-state index contributed by atoms with van der Waals surface area (Å²) in [5.41, 5.74) is 1.44. The Labute approximate surface area is 105 Å². The van der Waals surface area contributed by atoms with Gasteiger partial charge < -0.3 is 5.32 Å². The van der Waals surface area contributed by atoms with Crippen LogP contribution in [0.15, 0.2) is 30.3 Å². The molecule has 0 unspecified atom stereocenters. The lowest BCUT2D eigenvalue weighted by molar-refractivity contribution is 0.244. The lowest BCUT2D eigenvalue weighted by atomic mass is 10.0. The van der Waals surface area contributed by atoms with Crippen molar-refractivity contribution >= 4 is 0 Å². The molecule has 0 saturated carbocycles. The Kier molecular flexibility index (Phi) is 4.19. The van der Waals surface area contributed by atoms with E-state index in [0.29, 0.717) is 12.1 Å². The Balaban J connectivity index is 1.97. The van der Waals surface area contributed by atoms with Crippen molar-refractivity contribution in [3.8, 4) is 0 Å². The normalized spacial score (nSPS) is 24.8. The predicted octanol–water partition coefficient (Wildman–Crippen LogP) is 2.68. The third-order valence-electron chi connectivity index (χ3n) is 4.25. The Hall–Kier alpha value is -0.860. The first kappa shape index (κ1) is 12.6. The van der Waals surface area contributed by atoms with Crippen LogP contribution in [0.4, 0.5) is 0 Å². The summed E-state index contributed by atoms with van der Waals surface area (Å²) in [4.78, 5) is 2.60. The minimum absolute atomic E-state index is 0.547. The summed E-state index contributed by atoms with van der Waals surface area (Å²) in [6.07, 6.45) is 1.32. The summed E-state index contributed by atoms with van der Waals surface area (Å²) in [5, 5.41) is 3.38. The topological polar surface area (TPSA) is 15.3 Å². The minimum Gasteiger partial charge on any atom is -0.317 e. The zero-order valence-corrected chi connectivity index (χ0v) is 11.2. The predicted molar refractivity (Wildman–Crippen MR) is 73.1 cm³/mol. The first-order valence-electron chi connectivity index (χ1n) is 6.68. The van der Waals surface area contributed by atoms with Crippen LogP contribution in [0, 0.1) is 5.92 Å². The molecule has 1 aliphatic heterocycles. The number of likely N-dealkylation sites (tertiary alicyclic amines) is 1. The van der Waals surface area contributed by atoms with Gasteiger partial charge in [-0.25, -0.2) is 0 Å². The lowest BCUT2D eigenvalue weighted by Gasteiger charge is -2.26. The van der Waals surface area contributed by atoms with Gasteiger partial charge >= 0.3 is 0 Å². The van der Waals surface area contributed by atoms with Crippen molar-refractivity contribution < 1.29 is 0 Å². The fourth-order valence-corrected chi connectivity index (χ4v) is 2.75. The molecule has 0 bridgehead atoms. The zero-order valence-electron chi connectivity index (χ0n) is 11.2. The van der Waals surface area contributed by atoms with Crippen molar-refractivity contribution in [2.45, 2.75) is 32.4 Å². The molecule has 1 fully saturated rings. The number of hydrogen-bond donors (Lipinski definition) is 1. The van der Waals surface area contributed by atoms with E-state index in [1.54, 1.807) is 0 Å². The van der Waals surface area contributed by atoms with E-state index in [1.165, 1.54) is 25.1 Å². The van der Waals surface area contributed by atoms with E-state index >= 15 is 0 Å². The average molecular weight is 232 g/mol. The van der Waals surface area contributed by atoms with Crippen LogP contribution < -0.4 is 5.32 Å². The Morgan fingerprint density at radius 3 is 2.59 bits per heavy atom. The molecule has 1 aromatic rings. The largest absolute Gasteiger partial charge is 0.317 e. The Morgan fingerprint density at radius 2 is 1.94 bits per heavy atom. The molecule has 0 spiro atoms. The summed E-state index contributed by atoms with van der Waals surface area (Å²) < 4.78 is 0. The van der Waals surface area contributed by atoms with E-state index in [2.05, 4.69) is 61.4 Å². The maximum atomic E-state index is 3.38. The SMILES string of the molecule is CN[C@@H](C)[C@H]1CCN([C@H](C)c2ccccc2)C1. The number of nitrogens with zero attached hydrogens (tertiary/aromatic N) is 1. The molecule has 0 amide bonds. The summed E-state index contributed by atoms with van der Waals surface area (Å²) in [7, 11) is 2.06. The van der Waals surface area contributed by atoms with Gasteiger partial charge in [-0.2, -0.15) is 0 Å². The molecule has 1 saturated heterocycles. The van der Waals surface area contributed by atoms with Crippen LogP contribution in [0.3, 0.4) is 0 Å². The molecule has 1 N–H and O–H groups in total. The van der Waals surface area contributed by atoms with Crippen LogP contribution in [0.5, 0.6) is 0 Å². The van der Waals surface area contributed by atoms with Crippen molar-refractivity contribution in [3.63, 3.8) is 0 Å². The van der Waals surface area contributed by atoms with E-state index in [1.807, 2.05) is 0 Å². The quantitative estimate of drug-likeness (QED) is 0.858. The summed E-state index contributed by atoms with van der Waals surface area (Å²) in [6.45, 7) is 7.06. The maximum Gasteiger partial charge on any atom is 0.0320 e. The molecule has 0 aromatic heterocycles. The van der Waals surface area contributed by atoms with Crippen molar-refractivity contribution in [1.29, 1.82) is 0 Å². The molecule has 3 atom stereocenters.